The highest BCUT2D eigenvalue weighted by Crippen LogP contribution is 2.28. The second-order valence-corrected chi connectivity index (χ2v) is 5.46. The lowest BCUT2D eigenvalue weighted by Gasteiger charge is -2.12. The molecule has 0 amide bonds. The molecule has 0 saturated carbocycles. The molecule has 96 valence electrons. The van der Waals surface area contributed by atoms with Crippen molar-refractivity contribution in [3.63, 3.8) is 0 Å². The van der Waals surface area contributed by atoms with Gasteiger partial charge in [0.15, 0.2) is 5.82 Å². The van der Waals surface area contributed by atoms with Crippen LogP contribution in [0.5, 0.6) is 0 Å². The molecule has 1 unspecified atom stereocenters. The molecule has 2 rings (SSSR count). The minimum atomic E-state index is -0.636. The van der Waals surface area contributed by atoms with E-state index in [9.17, 15) is 9.50 Å². The Morgan fingerprint density at radius 3 is 2.56 bits per heavy atom. The molecule has 1 aromatic heterocycles. The number of aliphatic hydroxyl groups is 1. The third kappa shape index (κ3) is 3.14. The molecule has 0 saturated heterocycles. The first kappa shape index (κ1) is 13.6. The number of benzene rings is 1. The van der Waals surface area contributed by atoms with E-state index in [2.05, 4.69) is 5.32 Å². The average Bonchev–Trinajstić information content (AvgIpc) is 2.86. The molecular formula is C12H10Cl2FNOS. The van der Waals surface area contributed by atoms with Gasteiger partial charge in [0.05, 0.1) is 10.0 Å². The van der Waals surface area contributed by atoms with Gasteiger partial charge in [-0.3, -0.25) is 0 Å². The molecule has 6 heteroatoms. The van der Waals surface area contributed by atoms with Crippen LogP contribution in [0.3, 0.4) is 0 Å². The Labute approximate surface area is 118 Å². The van der Waals surface area contributed by atoms with Crippen molar-refractivity contribution >= 4 is 40.2 Å². The van der Waals surface area contributed by atoms with Crippen LogP contribution in [0, 0.1) is 5.82 Å². The first-order valence-corrected chi connectivity index (χ1v) is 6.81. The molecule has 0 aliphatic carbocycles. The van der Waals surface area contributed by atoms with Gasteiger partial charge in [-0.05, 0) is 23.6 Å². The molecule has 0 spiro atoms. The van der Waals surface area contributed by atoms with E-state index in [0.717, 1.165) is 4.88 Å². The van der Waals surface area contributed by atoms with Crippen LogP contribution in [0.2, 0.25) is 10.0 Å². The van der Waals surface area contributed by atoms with E-state index >= 15 is 0 Å². The lowest BCUT2D eigenvalue weighted by Crippen LogP contribution is -2.11. The van der Waals surface area contributed by atoms with Crippen molar-refractivity contribution in [1.82, 2.24) is 0 Å². The van der Waals surface area contributed by atoms with Gasteiger partial charge in [-0.1, -0.05) is 29.3 Å². The number of aliphatic hydroxyl groups excluding tert-OH is 1. The minimum Gasteiger partial charge on any atom is -0.386 e. The van der Waals surface area contributed by atoms with Gasteiger partial charge < -0.3 is 10.4 Å². The first-order chi connectivity index (χ1) is 8.58. The minimum absolute atomic E-state index is 0.0457. The molecule has 1 aromatic carbocycles. The van der Waals surface area contributed by atoms with Gasteiger partial charge in [0.25, 0.3) is 0 Å². The second kappa shape index (κ2) is 5.89. The Balaban J connectivity index is 2.02. The molecular weight excluding hydrogens is 296 g/mol. The Hall–Kier alpha value is -0.810. The van der Waals surface area contributed by atoms with Crippen LogP contribution in [0.25, 0.3) is 0 Å². The largest absolute Gasteiger partial charge is 0.386 e. The summed E-state index contributed by atoms with van der Waals surface area (Å²) in [5.74, 6) is -0.636. The number of hydrogen-bond acceptors (Lipinski definition) is 3. The van der Waals surface area contributed by atoms with E-state index in [4.69, 9.17) is 23.2 Å². The van der Waals surface area contributed by atoms with Crippen molar-refractivity contribution in [1.29, 1.82) is 0 Å². The molecule has 0 aliphatic heterocycles. The van der Waals surface area contributed by atoms with Gasteiger partial charge >= 0.3 is 0 Å². The SMILES string of the molecule is OC(CNc1cc(Cl)c(F)c(Cl)c1)c1cccs1. The molecule has 2 aromatic rings. The highest BCUT2D eigenvalue weighted by molar-refractivity contribution is 7.10. The fraction of sp³-hybridized carbons (Fsp3) is 0.167. The topological polar surface area (TPSA) is 32.3 Å². The van der Waals surface area contributed by atoms with Crippen molar-refractivity contribution in [2.75, 3.05) is 11.9 Å². The van der Waals surface area contributed by atoms with E-state index in [-0.39, 0.29) is 10.0 Å². The fourth-order valence-corrected chi connectivity index (χ4v) is 2.65. The lowest BCUT2D eigenvalue weighted by molar-refractivity contribution is 0.195. The molecule has 2 nitrogen and oxygen atoms in total. The van der Waals surface area contributed by atoms with Gasteiger partial charge in [-0.25, -0.2) is 4.39 Å². The summed E-state index contributed by atoms with van der Waals surface area (Å²) in [7, 11) is 0. The van der Waals surface area contributed by atoms with Crippen molar-refractivity contribution in [2.24, 2.45) is 0 Å². The normalized spacial score (nSPS) is 12.4. The number of nitrogens with one attached hydrogen (secondary N) is 1. The maximum atomic E-state index is 13.2. The smallest absolute Gasteiger partial charge is 0.160 e. The molecule has 0 fully saturated rings. The zero-order chi connectivity index (χ0) is 13.1. The molecule has 0 bridgehead atoms. The number of hydrogen-bond donors (Lipinski definition) is 2. The van der Waals surface area contributed by atoms with Gasteiger partial charge in [0.2, 0.25) is 0 Å². The average molecular weight is 306 g/mol. The van der Waals surface area contributed by atoms with Crippen LogP contribution in [-0.4, -0.2) is 11.7 Å². The molecule has 0 aliphatic rings. The van der Waals surface area contributed by atoms with E-state index in [1.54, 1.807) is 0 Å². The van der Waals surface area contributed by atoms with E-state index < -0.39 is 11.9 Å². The lowest BCUT2D eigenvalue weighted by atomic mass is 10.2. The number of thiophene rings is 1. The third-order valence-corrected chi connectivity index (χ3v) is 3.88. The van der Waals surface area contributed by atoms with Crippen molar-refractivity contribution in [3.05, 3.63) is 50.4 Å². The predicted molar refractivity (Wildman–Crippen MR) is 74.2 cm³/mol. The highest BCUT2D eigenvalue weighted by atomic mass is 35.5. The van der Waals surface area contributed by atoms with Gasteiger partial charge in [0.1, 0.15) is 6.10 Å². The highest BCUT2D eigenvalue weighted by Gasteiger charge is 2.10. The van der Waals surface area contributed by atoms with Gasteiger partial charge in [-0.2, -0.15) is 0 Å². The van der Waals surface area contributed by atoms with Crippen LogP contribution in [0.15, 0.2) is 29.6 Å². The molecule has 18 heavy (non-hydrogen) atoms. The zero-order valence-electron chi connectivity index (χ0n) is 9.16. The van der Waals surface area contributed by atoms with Crippen LogP contribution in [-0.2, 0) is 0 Å². The standard InChI is InChI=1S/C12H10Cl2FNOS/c13-8-4-7(5-9(14)12(8)15)16-6-10(17)11-2-1-3-18-11/h1-5,10,16-17H,6H2. The first-order valence-electron chi connectivity index (χ1n) is 5.18. The summed E-state index contributed by atoms with van der Waals surface area (Å²) in [6.45, 7) is 0.304. The second-order valence-electron chi connectivity index (χ2n) is 3.67. The summed E-state index contributed by atoms with van der Waals surface area (Å²) >= 11 is 12.8. The fourth-order valence-electron chi connectivity index (χ4n) is 1.45. The summed E-state index contributed by atoms with van der Waals surface area (Å²) in [4.78, 5) is 0.863. The molecule has 0 radical (unpaired) electrons. The van der Waals surface area contributed by atoms with Crippen molar-refractivity contribution < 1.29 is 9.50 Å². The van der Waals surface area contributed by atoms with Crippen LogP contribution in [0.1, 0.15) is 11.0 Å². The monoisotopic (exact) mass is 305 g/mol. The molecule has 1 heterocycles. The van der Waals surface area contributed by atoms with Crippen LogP contribution < -0.4 is 5.32 Å². The quantitative estimate of drug-likeness (QED) is 0.824. The van der Waals surface area contributed by atoms with Crippen LogP contribution >= 0.6 is 34.5 Å². The van der Waals surface area contributed by atoms with Crippen molar-refractivity contribution in [2.45, 2.75) is 6.10 Å². The Morgan fingerprint density at radius 1 is 1.33 bits per heavy atom. The molecule has 1 atom stereocenters. The summed E-state index contributed by atoms with van der Waals surface area (Å²) in [6, 6.07) is 6.59. The van der Waals surface area contributed by atoms with Gasteiger partial charge in [0, 0.05) is 17.1 Å². The third-order valence-electron chi connectivity index (χ3n) is 2.35. The Morgan fingerprint density at radius 2 is 2.00 bits per heavy atom. The van der Waals surface area contributed by atoms with E-state index in [1.165, 1.54) is 23.5 Å². The Bertz CT molecular complexity index is 510. The summed E-state index contributed by atoms with van der Waals surface area (Å²) in [5, 5.41) is 14.6. The van der Waals surface area contributed by atoms with E-state index in [0.29, 0.717) is 12.2 Å². The number of anilines is 1. The molecule has 2 N–H and O–H groups in total. The summed E-state index contributed by atoms with van der Waals surface area (Å²) in [5.41, 5.74) is 0.571. The van der Waals surface area contributed by atoms with Gasteiger partial charge in [-0.15, -0.1) is 11.3 Å². The summed E-state index contributed by atoms with van der Waals surface area (Å²) < 4.78 is 13.2. The predicted octanol–water partition coefficient (Wildman–Crippen LogP) is 4.34. The Kier molecular flexibility index (Phi) is 4.45. The van der Waals surface area contributed by atoms with Crippen LogP contribution in [0.4, 0.5) is 10.1 Å². The zero-order valence-corrected chi connectivity index (χ0v) is 11.5. The van der Waals surface area contributed by atoms with Crippen molar-refractivity contribution in [3.8, 4) is 0 Å². The van der Waals surface area contributed by atoms with E-state index in [1.807, 2.05) is 17.5 Å². The maximum Gasteiger partial charge on any atom is 0.160 e. The maximum absolute atomic E-state index is 13.2. The number of halogens is 3. The summed E-state index contributed by atoms with van der Waals surface area (Å²) in [6.07, 6.45) is -0.618. The number of rotatable bonds is 4.